The number of β-lactam (4-membered cyclic amide) rings is 1. The van der Waals surface area contributed by atoms with Crippen LogP contribution in [0.15, 0.2) is 74.7 Å². The first kappa shape index (κ1) is 32.4. The van der Waals surface area contributed by atoms with E-state index in [0.717, 1.165) is 9.91 Å². The molecule has 3 aromatic rings. The Labute approximate surface area is 279 Å². The molecule has 2 aromatic heterocycles. The second-order valence-electron chi connectivity index (χ2n) is 10.5. The van der Waals surface area contributed by atoms with Gasteiger partial charge in [0.25, 0.3) is 11.8 Å². The van der Waals surface area contributed by atoms with Crippen molar-refractivity contribution in [1.29, 1.82) is 0 Å². The zero-order chi connectivity index (χ0) is 33.9. The highest BCUT2D eigenvalue weighted by molar-refractivity contribution is 8.01. The third-order valence-corrected chi connectivity index (χ3v) is 9.89. The fraction of sp³-hybridized carbons (Fsp3) is 0.286. The van der Waals surface area contributed by atoms with Crippen LogP contribution in [0.25, 0.3) is 0 Å². The number of aliphatic carboxylic acids is 1. The second-order valence-corrected chi connectivity index (χ2v) is 12.5. The van der Waals surface area contributed by atoms with Gasteiger partial charge in [-0.3, -0.25) is 29.0 Å². The van der Waals surface area contributed by atoms with E-state index in [0.29, 0.717) is 21.2 Å². The number of aryl methyl sites for hydroxylation is 1. The summed E-state index contributed by atoms with van der Waals surface area (Å²) in [6.07, 6.45) is 2.69. The third-order valence-electron chi connectivity index (χ3n) is 7.45. The molecular weight excluding hydrogens is 669 g/mol. The number of imide groups is 1. The van der Waals surface area contributed by atoms with E-state index in [9.17, 15) is 33.9 Å². The molecule has 2 unspecified atom stereocenters. The van der Waals surface area contributed by atoms with Gasteiger partial charge in [0, 0.05) is 18.6 Å². The molecule has 18 nitrogen and oxygen atoms in total. The van der Waals surface area contributed by atoms with Crippen molar-refractivity contribution in [1.82, 2.24) is 45.6 Å². The number of tetrazole rings is 1. The fourth-order valence-corrected chi connectivity index (χ4v) is 7.39. The maximum atomic E-state index is 13.5. The van der Waals surface area contributed by atoms with Crippen molar-refractivity contribution < 1.29 is 38.3 Å². The lowest BCUT2D eigenvalue weighted by atomic mass is 10.0. The molecule has 0 radical (unpaired) electrons. The number of hydrazone groups is 1. The summed E-state index contributed by atoms with van der Waals surface area (Å²) in [7, 11) is 1.64. The van der Waals surface area contributed by atoms with Gasteiger partial charge in [-0.2, -0.15) is 5.10 Å². The van der Waals surface area contributed by atoms with E-state index in [1.807, 2.05) is 6.07 Å². The molecule has 1 aromatic carbocycles. The summed E-state index contributed by atoms with van der Waals surface area (Å²) in [4.78, 5) is 79.6. The number of nitrogens with zero attached hydrogens (tertiary/aromatic N) is 8. The van der Waals surface area contributed by atoms with Crippen molar-refractivity contribution in [2.24, 2.45) is 12.1 Å². The number of furan rings is 1. The van der Waals surface area contributed by atoms with Crippen LogP contribution in [0.1, 0.15) is 17.4 Å². The van der Waals surface area contributed by atoms with Gasteiger partial charge in [0.05, 0.1) is 25.6 Å². The number of urea groups is 1. The van der Waals surface area contributed by atoms with Gasteiger partial charge in [0.2, 0.25) is 5.16 Å². The molecule has 3 atom stereocenters. The van der Waals surface area contributed by atoms with E-state index in [1.165, 1.54) is 52.8 Å². The molecule has 248 valence electrons. The number of rotatable bonds is 10. The Kier molecular flexibility index (Phi) is 9.26. The topological polar surface area (TPSA) is 226 Å². The Morgan fingerprint density at radius 3 is 2.62 bits per heavy atom. The van der Waals surface area contributed by atoms with Crippen LogP contribution < -0.4 is 10.6 Å². The zero-order valence-corrected chi connectivity index (χ0v) is 26.6. The standard InChI is InChI=1S/C28H26N10O8S2/c1-35-28(32-33-34-35)48-14-16-13-47-25-19(22(40)38(25)20(16)26(43)44)30-21(39)18(17-8-5-11-46-17)31-27(45)36-9-10-37(24(42)23(36)41)29-12-15-6-3-2-4-7-15/h2-8,11-12,18-19,25H,9-10,13-14H2,1H3,(H,30,39)(H,31,45)(H,43,44)/b29-12+/t18?,19-,25?/m0/s1. The number of carbonyl (C=O) groups excluding carboxylic acids is 5. The summed E-state index contributed by atoms with van der Waals surface area (Å²) in [5.74, 6) is -4.51. The van der Waals surface area contributed by atoms with E-state index in [4.69, 9.17) is 4.42 Å². The van der Waals surface area contributed by atoms with Crippen LogP contribution in [-0.2, 0) is 31.0 Å². The summed E-state index contributed by atoms with van der Waals surface area (Å²) in [6.45, 7) is -0.290. The van der Waals surface area contributed by atoms with Crippen molar-refractivity contribution in [2.75, 3.05) is 24.6 Å². The number of aromatic nitrogens is 4. The first-order valence-electron chi connectivity index (χ1n) is 14.3. The molecule has 3 N–H and O–H groups in total. The number of nitrogens with one attached hydrogen (secondary N) is 2. The Hall–Kier alpha value is -5.50. The van der Waals surface area contributed by atoms with Crippen molar-refractivity contribution in [3.05, 3.63) is 71.3 Å². The van der Waals surface area contributed by atoms with Crippen LogP contribution in [0.5, 0.6) is 0 Å². The first-order valence-corrected chi connectivity index (χ1v) is 16.3. The largest absolute Gasteiger partial charge is 0.477 e. The Bertz CT molecular complexity index is 1830. The van der Waals surface area contributed by atoms with Gasteiger partial charge < -0.3 is 20.2 Å². The van der Waals surface area contributed by atoms with E-state index in [2.05, 4.69) is 31.3 Å². The SMILES string of the molecule is Cn1nnnc1SCC1=C(C(=O)O)N2C(=O)[C@H](NC(=O)C(NC(=O)N3CCN(/N=C/c4ccccc4)C(=O)C3=O)c3ccco3)C2SC1. The molecule has 6 rings (SSSR count). The number of thioether (sulfide) groups is 2. The van der Waals surface area contributed by atoms with Crippen LogP contribution in [-0.4, -0.2) is 118 Å². The van der Waals surface area contributed by atoms with Crippen LogP contribution >= 0.6 is 23.5 Å². The number of carboxylic acid groups (broad SMARTS) is 1. The van der Waals surface area contributed by atoms with Gasteiger partial charge in [-0.1, -0.05) is 42.1 Å². The Morgan fingerprint density at radius 2 is 1.94 bits per heavy atom. The summed E-state index contributed by atoms with van der Waals surface area (Å²) in [6, 6.07) is 8.16. The molecule has 48 heavy (non-hydrogen) atoms. The van der Waals surface area contributed by atoms with Gasteiger partial charge in [0.1, 0.15) is 22.9 Å². The lowest BCUT2D eigenvalue weighted by molar-refractivity contribution is -0.153. The average molecular weight is 695 g/mol. The monoisotopic (exact) mass is 694 g/mol. The average Bonchev–Trinajstić information content (AvgIpc) is 3.77. The molecule has 0 saturated carbocycles. The Balaban J connectivity index is 1.11. The van der Waals surface area contributed by atoms with Crippen LogP contribution in [0.4, 0.5) is 4.79 Å². The lowest BCUT2D eigenvalue weighted by Crippen LogP contribution is -2.71. The molecule has 20 heteroatoms. The third kappa shape index (κ3) is 6.38. The molecule has 0 aliphatic carbocycles. The van der Waals surface area contributed by atoms with Gasteiger partial charge >= 0.3 is 23.8 Å². The van der Waals surface area contributed by atoms with Crippen molar-refractivity contribution in [2.45, 2.75) is 22.6 Å². The van der Waals surface area contributed by atoms with Crippen molar-refractivity contribution in [3.63, 3.8) is 0 Å². The number of carbonyl (C=O) groups is 6. The minimum atomic E-state index is -1.50. The molecular formula is C28H26N10O8S2. The zero-order valence-electron chi connectivity index (χ0n) is 25.0. The van der Waals surface area contributed by atoms with E-state index < -0.39 is 53.1 Å². The normalized spacial score (nSPS) is 20.1. The second kappa shape index (κ2) is 13.7. The predicted molar refractivity (Wildman–Crippen MR) is 167 cm³/mol. The number of piperazine rings is 1. The highest BCUT2D eigenvalue weighted by atomic mass is 32.2. The molecule has 6 amide bonds. The first-order chi connectivity index (χ1) is 23.1. The van der Waals surface area contributed by atoms with Crippen LogP contribution in [0.2, 0.25) is 0 Å². The predicted octanol–water partition coefficient (Wildman–Crippen LogP) is -0.210. The maximum absolute atomic E-state index is 13.5. The molecule has 3 aliphatic heterocycles. The molecule has 3 aliphatic rings. The van der Waals surface area contributed by atoms with E-state index >= 15 is 0 Å². The number of fused-ring (bicyclic) bond motifs is 1. The Morgan fingerprint density at radius 1 is 1.15 bits per heavy atom. The summed E-state index contributed by atoms with van der Waals surface area (Å²) >= 11 is 2.48. The number of hydrogen-bond donors (Lipinski definition) is 3. The van der Waals surface area contributed by atoms with Crippen molar-refractivity contribution >= 4 is 65.4 Å². The highest BCUT2D eigenvalue weighted by Gasteiger charge is 2.54. The van der Waals surface area contributed by atoms with Crippen LogP contribution in [0.3, 0.4) is 0 Å². The molecule has 0 bridgehead atoms. The van der Waals surface area contributed by atoms with Gasteiger partial charge in [-0.05, 0) is 33.7 Å². The molecule has 2 fully saturated rings. The summed E-state index contributed by atoms with van der Waals surface area (Å²) in [5, 5.41) is 30.9. The number of benzene rings is 1. The highest BCUT2D eigenvalue weighted by Crippen LogP contribution is 2.41. The molecule has 0 spiro atoms. The van der Waals surface area contributed by atoms with E-state index in [1.54, 1.807) is 31.3 Å². The smallest absolute Gasteiger partial charge is 0.352 e. The van der Waals surface area contributed by atoms with Crippen molar-refractivity contribution in [3.8, 4) is 0 Å². The fourth-order valence-electron chi connectivity index (χ4n) is 5.05. The minimum Gasteiger partial charge on any atom is -0.477 e. The van der Waals surface area contributed by atoms with Gasteiger partial charge in [0.15, 0.2) is 6.04 Å². The van der Waals surface area contributed by atoms with Gasteiger partial charge in [-0.25, -0.2) is 19.3 Å². The maximum Gasteiger partial charge on any atom is 0.352 e. The minimum absolute atomic E-state index is 0.00524. The number of amides is 6. The lowest BCUT2D eigenvalue weighted by Gasteiger charge is -2.49. The number of hydrogen-bond acceptors (Lipinski definition) is 13. The van der Waals surface area contributed by atoms with E-state index in [-0.39, 0.29) is 36.1 Å². The molecule has 2 saturated heterocycles. The van der Waals surface area contributed by atoms with Crippen LogP contribution in [0, 0.1) is 0 Å². The number of carboxylic acids is 1. The quantitative estimate of drug-likeness (QED) is 0.108. The molecule has 5 heterocycles. The summed E-state index contributed by atoms with van der Waals surface area (Å²) < 4.78 is 6.80. The summed E-state index contributed by atoms with van der Waals surface area (Å²) in [5.41, 5.74) is 1.01. The van der Waals surface area contributed by atoms with Gasteiger partial charge in [-0.15, -0.1) is 16.9 Å².